The molecule has 2 aromatic carbocycles. The van der Waals surface area contributed by atoms with Crippen molar-refractivity contribution in [2.24, 2.45) is 0 Å². The van der Waals surface area contributed by atoms with Crippen molar-refractivity contribution in [3.63, 3.8) is 0 Å². The Morgan fingerprint density at radius 2 is 1.45 bits per heavy atom. The molecule has 182 valence electrons. The van der Waals surface area contributed by atoms with Crippen LogP contribution in [0.3, 0.4) is 0 Å². The van der Waals surface area contributed by atoms with Gasteiger partial charge >= 0.3 is 0 Å². The van der Waals surface area contributed by atoms with E-state index in [1.165, 1.54) is 0 Å². The van der Waals surface area contributed by atoms with Crippen LogP contribution < -0.4 is 9.64 Å². The third kappa shape index (κ3) is 6.38. The van der Waals surface area contributed by atoms with Crippen molar-refractivity contribution in [2.45, 2.75) is 64.5 Å². The molecule has 1 aliphatic heterocycles. The monoisotopic (exact) mass is 471 g/mol. The molecule has 33 heavy (non-hydrogen) atoms. The smallest absolute Gasteiger partial charge is 0.192 e. The first kappa shape index (κ1) is 25.8. The predicted molar refractivity (Wildman–Crippen MR) is 138 cm³/mol. The highest BCUT2D eigenvalue weighted by atomic mass is 28.4. The molecular formula is C27H41NO4Si. The Hall–Kier alpha value is -1.86. The number of hydrogen-bond acceptors (Lipinski definition) is 5. The quantitative estimate of drug-likeness (QED) is 0.510. The molecule has 2 unspecified atom stereocenters. The number of benzene rings is 2. The van der Waals surface area contributed by atoms with Gasteiger partial charge in [0.2, 0.25) is 0 Å². The van der Waals surface area contributed by atoms with Gasteiger partial charge in [-0.25, -0.2) is 0 Å². The van der Waals surface area contributed by atoms with Gasteiger partial charge in [0.15, 0.2) is 8.32 Å². The Balaban J connectivity index is 1.60. The molecule has 0 aliphatic carbocycles. The first-order valence-corrected chi connectivity index (χ1v) is 14.9. The summed E-state index contributed by atoms with van der Waals surface area (Å²) in [6, 6.07) is 15.9. The number of anilines is 1. The Labute approximate surface area is 200 Å². The normalized spacial score (nSPS) is 18.0. The van der Waals surface area contributed by atoms with E-state index in [1.807, 2.05) is 43.3 Å². The summed E-state index contributed by atoms with van der Waals surface area (Å²) in [7, 11) is -1.82. The fourth-order valence-electron chi connectivity index (χ4n) is 3.79. The average Bonchev–Trinajstić information content (AvgIpc) is 2.77. The summed E-state index contributed by atoms with van der Waals surface area (Å²) >= 11 is 0. The molecule has 3 rings (SSSR count). The molecule has 1 N–H and O–H groups in total. The molecule has 6 heteroatoms. The van der Waals surface area contributed by atoms with Crippen molar-refractivity contribution < 1.29 is 19.0 Å². The molecule has 0 saturated carbocycles. The van der Waals surface area contributed by atoms with Crippen molar-refractivity contribution in [3.05, 3.63) is 59.7 Å². The van der Waals surface area contributed by atoms with Crippen LogP contribution in [-0.4, -0.2) is 52.4 Å². The largest absolute Gasteiger partial charge is 0.491 e. The number of nitrogens with zero attached hydrogens (tertiary/aromatic N) is 1. The summed E-state index contributed by atoms with van der Waals surface area (Å²) < 4.78 is 17.8. The van der Waals surface area contributed by atoms with E-state index in [0.717, 1.165) is 48.9 Å². The summed E-state index contributed by atoms with van der Waals surface area (Å²) in [5, 5.41) is 11.5. The minimum absolute atomic E-state index is 0.0265. The highest BCUT2D eigenvalue weighted by Crippen LogP contribution is 2.37. The molecule has 1 aliphatic rings. The van der Waals surface area contributed by atoms with Crippen LogP contribution in [0.2, 0.25) is 18.1 Å². The Kier molecular flexibility index (Phi) is 7.94. The maximum absolute atomic E-state index is 11.3. The molecule has 1 heterocycles. The van der Waals surface area contributed by atoms with Crippen molar-refractivity contribution in [1.82, 2.24) is 0 Å². The van der Waals surface area contributed by atoms with Gasteiger partial charge in [0.25, 0.3) is 0 Å². The molecule has 0 aromatic heterocycles. The molecule has 2 atom stereocenters. The third-order valence-corrected chi connectivity index (χ3v) is 11.6. The Morgan fingerprint density at radius 3 is 1.97 bits per heavy atom. The van der Waals surface area contributed by atoms with E-state index >= 15 is 0 Å². The SMILES string of the molecule is CC(COc1ccc(C(C)(O)c2ccc(N3CCOCC3)cc2)cc1)O[Si](C)(C)C(C)(C)C. The first-order chi connectivity index (χ1) is 15.4. The Morgan fingerprint density at radius 1 is 0.939 bits per heavy atom. The van der Waals surface area contributed by atoms with E-state index in [9.17, 15) is 5.11 Å². The number of morpholine rings is 1. The van der Waals surface area contributed by atoms with Gasteiger partial charge in [-0.1, -0.05) is 45.0 Å². The van der Waals surface area contributed by atoms with Gasteiger partial charge in [-0.05, 0) is 67.4 Å². The van der Waals surface area contributed by atoms with Crippen molar-refractivity contribution >= 4 is 14.0 Å². The molecule has 0 bridgehead atoms. The minimum Gasteiger partial charge on any atom is -0.491 e. The second kappa shape index (κ2) is 10.2. The van der Waals surface area contributed by atoms with Crippen molar-refractivity contribution in [3.8, 4) is 5.75 Å². The third-order valence-electron chi connectivity index (χ3n) is 7.01. The standard InChI is InChI=1S/C27H41NO4Si/c1-21(32-33(6,7)26(2,3)4)20-31-25-14-10-23(11-15-25)27(5,29)22-8-12-24(13-9-22)28-16-18-30-19-17-28/h8-15,21,29H,16-20H2,1-7H3. The predicted octanol–water partition coefficient (Wildman–Crippen LogP) is 5.57. The zero-order valence-corrected chi connectivity index (χ0v) is 22.4. The van der Waals surface area contributed by atoms with E-state index in [0.29, 0.717) is 6.61 Å². The van der Waals surface area contributed by atoms with Crippen LogP contribution in [-0.2, 0) is 14.8 Å². The van der Waals surface area contributed by atoms with Gasteiger partial charge in [-0.2, -0.15) is 0 Å². The topological polar surface area (TPSA) is 51.2 Å². The van der Waals surface area contributed by atoms with Crippen LogP contribution in [0.15, 0.2) is 48.5 Å². The van der Waals surface area contributed by atoms with Gasteiger partial charge in [-0.3, -0.25) is 0 Å². The van der Waals surface area contributed by atoms with E-state index in [1.54, 1.807) is 0 Å². The molecule has 0 amide bonds. The zero-order chi connectivity index (χ0) is 24.3. The first-order valence-electron chi connectivity index (χ1n) is 12.0. The summed E-state index contributed by atoms with van der Waals surface area (Å²) in [5.41, 5.74) is 1.78. The van der Waals surface area contributed by atoms with Crippen LogP contribution >= 0.6 is 0 Å². The van der Waals surface area contributed by atoms with Crippen LogP contribution in [0.25, 0.3) is 0 Å². The maximum Gasteiger partial charge on any atom is 0.192 e. The van der Waals surface area contributed by atoms with E-state index in [-0.39, 0.29) is 11.1 Å². The van der Waals surface area contributed by atoms with Gasteiger partial charge in [0.1, 0.15) is 18.0 Å². The highest BCUT2D eigenvalue weighted by molar-refractivity contribution is 6.74. The van der Waals surface area contributed by atoms with Crippen molar-refractivity contribution in [1.29, 1.82) is 0 Å². The van der Waals surface area contributed by atoms with Gasteiger partial charge in [0, 0.05) is 18.8 Å². The van der Waals surface area contributed by atoms with Crippen molar-refractivity contribution in [2.75, 3.05) is 37.8 Å². The van der Waals surface area contributed by atoms with E-state index in [2.05, 4.69) is 57.8 Å². The number of ether oxygens (including phenoxy) is 2. The van der Waals surface area contributed by atoms with Gasteiger partial charge in [-0.15, -0.1) is 0 Å². The van der Waals surface area contributed by atoms with E-state index in [4.69, 9.17) is 13.9 Å². The highest BCUT2D eigenvalue weighted by Gasteiger charge is 2.38. The molecule has 0 spiro atoms. The summed E-state index contributed by atoms with van der Waals surface area (Å²) in [4.78, 5) is 2.31. The molecule has 5 nitrogen and oxygen atoms in total. The zero-order valence-electron chi connectivity index (χ0n) is 21.4. The van der Waals surface area contributed by atoms with Gasteiger partial charge in [0.05, 0.1) is 19.3 Å². The Bertz CT molecular complexity index is 882. The number of aliphatic hydroxyl groups is 1. The summed E-state index contributed by atoms with van der Waals surface area (Å²) in [6.45, 7) is 19.0. The molecule has 0 radical (unpaired) electrons. The number of rotatable bonds is 8. The lowest BCUT2D eigenvalue weighted by Gasteiger charge is -2.38. The lowest BCUT2D eigenvalue weighted by molar-refractivity contribution is 0.102. The minimum atomic E-state index is -1.82. The summed E-state index contributed by atoms with van der Waals surface area (Å²) in [5.74, 6) is 0.780. The lowest BCUT2D eigenvalue weighted by Crippen LogP contribution is -2.44. The average molecular weight is 472 g/mol. The molecule has 1 saturated heterocycles. The second-order valence-corrected chi connectivity index (χ2v) is 15.5. The molecule has 2 aromatic rings. The fraction of sp³-hybridized carbons (Fsp3) is 0.556. The molecular weight excluding hydrogens is 430 g/mol. The second-order valence-electron chi connectivity index (χ2n) is 10.7. The van der Waals surface area contributed by atoms with Crippen LogP contribution in [0.5, 0.6) is 5.75 Å². The molecule has 1 fully saturated rings. The maximum atomic E-state index is 11.3. The van der Waals surface area contributed by atoms with Gasteiger partial charge < -0.3 is 23.9 Å². The van der Waals surface area contributed by atoms with Crippen LogP contribution in [0, 0.1) is 0 Å². The summed E-state index contributed by atoms with van der Waals surface area (Å²) in [6.07, 6.45) is 0.0265. The number of hydrogen-bond donors (Lipinski definition) is 1. The van der Waals surface area contributed by atoms with Crippen LogP contribution in [0.4, 0.5) is 5.69 Å². The van der Waals surface area contributed by atoms with E-state index < -0.39 is 13.9 Å². The lowest BCUT2D eigenvalue weighted by atomic mass is 9.88. The van der Waals surface area contributed by atoms with Crippen LogP contribution in [0.1, 0.15) is 45.7 Å². The fourth-order valence-corrected chi connectivity index (χ4v) is 5.22.